The van der Waals surface area contributed by atoms with E-state index in [9.17, 15) is 9.59 Å². The van der Waals surface area contributed by atoms with Gasteiger partial charge in [0.15, 0.2) is 0 Å². The largest absolute Gasteiger partial charge is 0.273 e. The van der Waals surface area contributed by atoms with Crippen molar-refractivity contribution in [3.63, 3.8) is 0 Å². The SMILES string of the molecule is CC(C)(C)OOC(C)(CCC(=O)NNC(=O)c1ccccc1I)OOC(C)(C)C. The first-order valence-corrected chi connectivity index (χ1v) is 10.4. The van der Waals surface area contributed by atoms with Crippen molar-refractivity contribution in [1.29, 1.82) is 0 Å². The molecule has 0 aliphatic rings. The Morgan fingerprint density at radius 1 is 0.862 bits per heavy atom. The number of hydrazine groups is 1. The van der Waals surface area contributed by atoms with Crippen LogP contribution in [0.2, 0.25) is 0 Å². The molecule has 0 bridgehead atoms. The Kier molecular flexibility index (Phi) is 9.48. The number of nitrogens with one attached hydrogen (secondary N) is 2. The van der Waals surface area contributed by atoms with Gasteiger partial charge < -0.3 is 0 Å². The molecule has 0 spiro atoms. The van der Waals surface area contributed by atoms with Crippen LogP contribution < -0.4 is 10.9 Å². The van der Waals surface area contributed by atoms with Gasteiger partial charge in [0.1, 0.15) is 0 Å². The van der Waals surface area contributed by atoms with E-state index in [1.807, 2.05) is 53.7 Å². The van der Waals surface area contributed by atoms with E-state index in [1.54, 1.807) is 19.1 Å². The van der Waals surface area contributed by atoms with Gasteiger partial charge in [-0.2, -0.15) is 9.78 Å². The number of benzene rings is 1. The first-order valence-electron chi connectivity index (χ1n) is 9.28. The van der Waals surface area contributed by atoms with Crippen molar-refractivity contribution >= 4 is 34.4 Å². The minimum Gasteiger partial charge on any atom is -0.273 e. The van der Waals surface area contributed by atoms with Crippen molar-refractivity contribution in [3.8, 4) is 0 Å². The lowest BCUT2D eigenvalue weighted by Gasteiger charge is -2.32. The van der Waals surface area contributed by atoms with Gasteiger partial charge in [-0.25, -0.2) is 9.78 Å². The second kappa shape index (κ2) is 10.7. The number of halogens is 1. The number of rotatable bonds is 8. The fourth-order valence-corrected chi connectivity index (χ4v) is 2.40. The van der Waals surface area contributed by atoms with Crippen molar-refractivity contribution in [2.24, 2.45) is 0 Å². The average molecular weight is 522 g/mol. The van der Waals surface area contributed by atoms with E-state index in [1.165, 1.54) is 0 Å². The number of carbonyl (C=O) groups excluding carboxylic acids is 2. The highest BCUT2D eigenvalue weighted by atomic mass is 127. The summed E-state index contributed by atoms with van der Waals surface area (Å²) in [7, 11) is 0. The second-order valence-electron chi connectivity index (χ2n) is 8.67. The summed E-state index contributed by atoms with van der Waals surface area (Å²) in [6, 6.07) is 7.07. The molecule has 1 aromatic carbocycles. The van der Waals surface area contributed by atoms with Gasteiger partial charge in [0.25, 0.3) is 5.91 Å². The van der Waals surface area contributed by atoms with Gasteiger partial charge in [0, 0.05) is 16.4 Å². The lowest BCUT2D eigenvalue weighted by atomic mass is 10.1. The molecular formula is C20H31IN2O6. The fraction of sp³-hybridized carbons (Fsp3) is 0.600. The Morgan fingerprint density at radius 2 is 1.38 bits per heavy atom. The Bertz CT molecular complexity index is 679. The van der Waals surface area contributed by atoms with Crippen LogP contribution in [0.3, 0.4) is 0 Å². The standard InChI is InChI=1S/C20H31IN2O6/c1-18(2,3)26-28-20(7,29-27-19(4,5)6)13-12-16(24)22-23-17(25)14-10-8-9-11-15(14)21/h8-11H,12-13H2,1-7H3,(H,22,24)(H,23,25). The molecule has 0 unspecified atom stereocenters. The highest BCUT2D eigenvalue weighted by Gasteiger charge is 2.34. The highest BCUT2D eigenvalue weighted by Crippen LogP contribution is 2.25. The van der Waals surface area contributed by atoms with Crippen LogP contribution >= 0.6 is 22.6 Å². The predicted molar refractivity (Wildman–Crippen MR) is 116 cm³/mol. The van der Waals surface area contributed by atoms with Crippen LogP contribution in [0.5, 0.6) is 0 Å². The maximum Gasteiger partial charge on any atom is 0.270 e. The Labute approximate surface area is 186 Å². The quantitative estimate of drug-likeness (QED) is 0.232. The van der Waals surface area contributed by atoms with Gasteiger partial charge in [-0.05, 0) is 83.2 Å². The molecule has 9 heteroatoms. The van der Waals surface area contributed by atoms with Gasteiger partial charge in [0.2, 0.25) is 11.7 Å². The molecule has 0 heterocycles. The van der Waals surface area contributed by atoms with Crippen molar-refractivity contribution in [3.05, 3.63) is 33.4 Å². The second-order valence-corrected chi connectivity index (χ2v) is 9.84. The average Bonchev–Trinajstić information content (AvgIpc) is 2.60. The molecule has 1 rings (SSSR count). The van der Waals surface area contributed by atoms with Crippen LogP contribution in [0.4, 0.5) is 0 Å². The molecule has 0 radical (unpaired) electrons. The van der Waals surface area contributed by atoms with E-state index in [0.717, 1.165) is 3.57 Å². The fourth-order valence-electron chi connectivity index (χ4n) is 1.77. The predicted octanol–water partition coefficient (Wildman–Crippen LogP) is 4.04. The molecule has 0 atom stereocenters. The molecule has 0 saturated carbocycles. The van der Waals surface area contributed by atoms with Crippen LogP contribution in [-0.2, 0) is 24.3 Å². The summed E-state index contributed by atoms with van der Waals surface area (Å²) in [4.78, 5) is 45.9. The molecule has 1 aromatic rings. The first kappa shape index (κ1) is 25.8. The molecule has 29 heavy (non-hydrogen) atoms. The zero-order chi connectivity index (χ0) is 22.3. The van der Waals surface area contributed by atoms with Crippen LogP contribution in [0.1, 0.15) is 71.7 Å². The Hall–Kier alpha value is -1.27. The zero-order valence-corrected chi connectivity index (χ0v) is 20.2. The van der Waals surface area contributed by atoms with Crippen LogP contribution in [0.25, 0.3) is 0 Å². The van der Waals surface area contributed by atoms with Gasteiger partial charge in [-0.1, -0.05) is 12.1 Å². The molecule has 2 N–H and O–H groups in total. The molecule has 0 aliphatic carbocycles. The van der Waals surface area contributed by atoms with E-state index < -0.39 is 28.8 Å². The molecule has 2 amide bonds. The van der Waals surface area contributed by atoms with E-state index in [2.05, 4.69) is 33.4 Å². The summed E-state index contributed by atoms with van der Waals surface area (Å²) in [6.07, 6.45) is 0.132. The van der Waals surface area contributed by atoms with E-state index >= 15 is 0 Å². The molecular weight excluding hydrogens is 491 g/mol. The summed E-state index contributed by atoms with van der Waals surface area (Å²) in [5.41, 5.74) is 4.12. The number of hydrogen-bond donors (Lipinski definition) is 2. The maximum atomic E-state index is 12.2. The summed E-state index contributed by atoms with van der Waals surface area (Å²) in [5.74, 6) is -2.13. The van der Waals surface area contributed by atoms with Crippen molar-refractivity contribution < 1.29 is 29.1 Å². The van der Waals surface area contributed by atoms with Crippen LogP contribution in [0, 0.1) is 3.57 Å². The molecule has 0 saturated heterocycles. The van der Waals surface area contributed by atoms with Crippen LogP contribution in [-0.4, -0.2) is 28.8 Å². The van der Waals surface area contributed by atoms with E-state index in [0.29, 0.717) is 5.56 Å². The number of amides is 2. The third-order valence-corrected chi connectivity index (χ3v) is 4.12. The topological polar surface area (TPSA) is 95.1 Å². The van der Waals surface area contributed by atoms with Gasteiger partial charge >= 0.3 is 0 Å². The normalized spacial score (nSPS) is 12.6. The Balaban J connectivity index is 2.61. The summed E-state index contributed by atoms with van der Waals surface area (Å²) < 4.78 is 0.782. The van der Waals surface area contributed by atoms with Crippen LogP contribution in [0.15, 0.2) is 24.3 Å². The molecule has 164 valence electrons. The van der Waals surface area contributed by atoms with E-state index in [4.69, 9.17) is 19.6 Å². The van der Waals surface area contributed by atoms with Crippen molar-refractivity contribution in [1.82, 2.24) is 10.9 Å². The summed E-state index contributed by atoms with van der Waals surface area (Å²) in [6.45, 7) is 12.6. The minimum atomic E-state index is -1.32. The molecule has 0 aromatic heterocycles. The zero-order valence-electron chi connectivity index (χ0n) is 18.1. The van der Waals surface area contributed by atoms with Gasteiger partial charge in [-0.15, -0.1) is 0 Å². The number of carbonyl (C=O) groups is 2. The van der Waals surface area contributed by atoms with E-state index in [-0.39, 0.29) is 12.8 Å². The maximum absolute atomic E-state index is 12.2. The lowest BCUT2D eigenvalue weighted by Crippen LogP contribution is -2.44. The molecule has 8 nitrogen and oxygen atoms in total. The summed E-state index contributed by atoms with van der Waals surface area (Å²) in [5, 5.41) is 0. The third-order valence-electron chi connectivity index (χ3n) is 3.18. The molecule has 0 fully saturated rings. The first-order chi connectivity index (χ1) is 13.2. The summed E-state index contributed by atoms with van der Waals surface area (Å²) >= 11 is 2.06. The van der Waals surface area contributed by atoms with Gasteiger partial charge in [-0.3, -0.25) is 20.4 Å². The minimum absolute atomic E-state index is 0.00364. The van der Waals surface area contributed by atoms with Crippen molar-refractivity contribution in [2.45, 2.75) is 78.3 Å². The Morgan fingerprint density at radius 3 is 1.86 bits per heavy atom. The molecule has 0 aliphatic heterocycles. The van der Waals surface area contributed by atoms with Crippen molar-refractivity contribution in [2.75, 3.05) is 0 Å². The number of hydrogen-bond acceptors (Lipinski definition) is 6. The lowest BCUT2D eigenvalue weighted by molar-refractivity contribution is -0.537. The smallest absolute Gasteiger partial charge is 0.270 e. The highest BCUT2D eigenvalue weighted by molar-refractivity contribution is 14.1. The monoisotopic (exact) mass is 522 g/mol. The third kappa shape index (κ3) is 10.9. The van der Waals surface area contributed by atoms with Gasteiger partial charge in [0.05, 0.1) is 16.8 Å².